The maximum atomic E-state index is 11.0. The van der Waals surface area contributed by atoms with E-state index in [0.717, 1.165) is 5.56 Å². The Morgan fingerprint density at radius 2 is 2.00 bits per heavy atom. The summed E-state index contributed by atoms with van der Waals surface area (Å²) in [4.78, 5) is 21.5. The molecular weight excluding hydrogens is 222 g/mol. The maximum Gasteiger partial charge on any atom is 0.246 e. The molecule has 4 atom stereocenters. The van der Waals surface area contributed by atoms with Gasteiger partial charge < -0.3 is 9.90 Å². The minimum atomic E-state index is -1.09. The molecule has 1 N–H and O–H groups in total. The Hall–Kier alpha value is -1.75. The average molecular weight is 235 g/mol. The molecule has 1 aliphatic rings. The van der Waals surface area contributed by atoms with Gasteiger partial charge in [-0.3, -0.25) is 10.1 Å². The third-order valence-electron chi connectivity index (χ3n) is 3.34. The summed E-state index contributed by atoms with van der Waals surface area (Å²) in [5.41, 5.74) is 0.739. The molecule has 5 nitrogen and oxygen atoms in total. The van der Waals surface area contributed by atoms with Crippen LogP contribution in [-0.2, 0) is 4.79 Å². The van der Waals surface area contributed by atoms with Crippen LogP contribution in [0.1, 0.15) is 17.9 Å². The number of nitrogens with zero attached hydrogens (tertiary/aromatic N) is 1. The molecule has 17 heavy (non-hydrogen) atoms. The summed E-state index contributed by atoms with van der Waals surface area (Å²) < 4.78 is 0. The molecule has 0 amide bonds. The first-order chi connectivity index (χ1) is 8.15. The van der Waals surface area contributed by atoms with Crippen LogP contribution in [-0.4, -0.2) is 28.5 Å². The van der Waals surface area contributed by atoms with Gasteiger partial charge in [0, 0.05) is 10.8 Å². The number of rotatable bonds is 3. The van der Waals surface area contributed by atoms with E-state index in [0.29, 0.717) is 6.29 Å². The molecule has 5 heteroatoms. The van der Waals surface area contributed by atoms with Crippen LogP contribution >= 0.6 is 0 Å². The lowest BCUT2D eigenvalue weighted by Crippen LogP contribution is -2.33. The monoisotopic (exact) mass is 235 g/mol. The number of aliphatic hydroxyl groups excluding tert-OH is 1. The van der Waals surface area contributed by atoms with Gasteiger partial charge in [-0.15, -0.1) is 0 Å². The molecule has 0 aromatic heterocycles. The third-order valence-corrected chi connectivity index (χ3v) is 3.34. The molecule has 1 aliphatic carbocycles. The van der Waals surface area contributed by atoms with Crippen LogP contribution in [0.3, 0.4) is 0 Å². The third kappa shape index (κ3) is 2.06. The molecule has 0 aliphatic heterocycles. The molecule has 2 unspecified atom stereocenters. The number of aldehydes is 1. The maximum absolute atomic E-state index is 11.0. The van der Waals surface area contributed by atoms with Crippen LogP contribution < -0.4 is 0 Å². The van der Waals surface area contributed by atoms with Crippen LogP contribution in [0, 0.1) is 16.0 Å². The van der Waals surface area contributed by atoms with Crippen molar-refractivity contribution < 1.29 is 14.8 Å². The Balaban J connectivity index is 2.39. The number of nitro groups is 1. The zero-order chi connectivity index (χ0) is 12.4. The van der Waals surface area contributed by atoms with Crippen molar-refractivity contribution in [1.29, 1.82) is 0 Å². The number of aliphatic hydroxyl groups is 1. The van der Waals surface area contributed by atoms with E-state index in [9.17, 15) is 20.0 Å². The topological polar surface area (TPSA) is 80.4 Å². The second-order valence-corrected chi connectivity index (χ2v) is 4.32. The molecule has 0 saturated heterocycles. The van der Waals surface area contributed by atoms with Gasteiger partial charge in [0.25, 0.3) is 0 Å². The Morgan fingerprint density at radius 3 is 2.53 bits per heavy atom. The fourth-order valence-corrected chi connectivity index (χ4v) is 2.59. The fourth-order valence-electron chi connectivity index (χ4n) is 2.59. The van der Waals surface area contributed by atoms with Gasteiger partial charge in [0.15, 0.2) is 0 Å². The normalized spacial score (nSPS) is 32.3. The first-order valence-corrected chi connectivity index (χ1v) is 5.47. The molecule has 1 fully saturated rings. The highest BCUT2D eigenvalue weighted by Crippen LogP contribution is 2.40. The summed E-state index contributed by atoms with van der Waals surface area (Å²) in [5.74, 6) is -1.01. The van der Waals surface area contributed by atoms with Gasteiger partial charge in [0.05, 0.1) is 5.92 Å². The van der Waals surface area contributed by atoms with Crippen LogP contribution in [0.2, 0.25) is 0 Å². The SMILES string of the molecule is O=C[C@@H]1CC(O)C([N+](=O)[O-])[C@@H]1c1ccccc1. The smallest absolute Gasteiger partial charge is 0.246 e. The molecule has 0 heterocycles. The van der Waals surface area contributed by atoms with Gasteiger partial charge >= 0.3 is 0 Å². The summed E-state index contributed by atoms with van der Waals surface area (Å²) in [5, 5.41) is 20.7. The van der Waals surface area contributed by atoms with E-state index in [1.54, 1.807) is 24.3 Å². The Bertz CT molecular complexity index is 420. The van der Waals surface area contributed by atoms with E-state index in [2.05, 4.69) is 0 Å². The minimum Gasteiger partial charge on any atom is -0.386 e. The van der Waals surface area contributed by atoms with Gasteiger partial charge in [-0.05, 0) is 12.0 Å². The van der Waals surface area contributed by atoms with Crippen molar-refractivity contribution in [3.8, 4) is 0 Å². The van der Waals surface area contributed by atoms with Crippen molar-refractivity contribution >= 4 is 6.29 Å². The lowest BCUT2D eigenvalue weighted by atomic mass is 9.87. The van der Waals surface area contributed by atoms with Gasteiger partial charge in [-0.1, -0.05) is 30.3 Å². The van der Waals surface area contributed by atoms with E-state index < -0.39 is 28.9 Å². The predicted molar refractivity (Wildman–Crippen MR) is 60.1 cm³/mol. The van der Waals surface area contributed by atoms with Crippen molar-refractivity contribution in [2.45, 2.75) is 24.5 Å². The molecule has 1 aromatic rings. The summed E-state index contributed by atoms with van der Waals surface area (Å²) in [6.45, 7) is 0. The van der Waals surface area contributed by atoms with Crippen LogP contribution in [0.15, 0.2) is 30.3 Å². The van der Waals surface area contributed by atoms with Crippen molar-refractivity contribution in [2.24, 2.45) is 5.92 Å². The quantitative estimate of drug-likeness (QED) is 0.481. The first kappa shape index (κ1) is 11.7. The van der Waals surface area contributed by atoms with Crippen LogP contribution in [0.4, 0.5) is 0 Å². The van der Waals surface area contributed by atoms with E-state index in [1.165, 1.54) is 0 Å². The molecule has 0 radical (unpaired) electrons. The lowest BCUT2D eigenvalue weighted by molar-refractivity contribution is -0.534. The highest BCUT2D eigenvalue weighted by molar-refractivity contribution is 5.57. The zero-order valence-corrected chi connectivity index (χ0v) is 9.10. The van der Waals surface area contributed by atoms with Gasteiger partial charge in [0.2, 0.25) is 6.04 Å². The fraction of sp³-hybridized carbons (Fsp3) is 0.417. The highest BCUT2D eigenvalue weighted by atomic mass is 16.6. The number of hydrogen-bond acceptors (Lipinski definition) is 4. The van der Waals surface area contributed by atoms with Crippen LogP contribution in [0.25, 0.3) is 0 Å². The summed E-state index contributed by atoms with van der Waals surface area (Å²) in [6.07, 6.45) is -0.176. The van der Waals surface area contributed by atoms with Gasteiger partial charge in [-0.25, -0.2) is 0 Å². The standard InChI is InChI=1S/C12H13NO4/c14-7-9-6-10(15)12(13(16)17)11(9)8-4-2-1-3-5-8/h1-5,7,9-12,15H,6H2/t9-,10?,11+,12?/m0/s1. The minimum absolute atomic E-state index is 0.161. The Morgan fingerprint density at radius 1 is 1.35 bits per heavy atom. The Labute approximate surface area is 98.2 Å². The second-order valence-electron chi connectivity index (χ2n) is 4.32. The Kier molecular flexibility index (Phi) is 3.19. The zero-order valence-electron chi connectivity index (χ0n) is 9.10. The number of hydrogen-bond donors (Lipinski definition) is 1. The molecule has 0 bridgehead atoms. The molecule has 1 aromatic carbocycles. The molecule has 90 valence electrons. The predicted octanol–water partition coefficient (Wildman–Crippen LogP) is 0.995. The van der Waals surface area contributed by atoms with Crippen molar-refractivity contribution in [3.63, 3.8) is 0 Å². The molecular formula is C12H13NO4. The van der Waals surface area contributed by atoms with Gasteiger partial charge in [0.1, 0.15) is 12.4 Å². The molecule has 2 rings (SSSR count). The van der Waals surface area contributed by atoms with E-state index in [-0.39, 0.29) is 6.42 Å². The van der Waals surface area contributed by atoms with Crippen molar-refractivity contribution in [1.82, 2.24) is 0 Å². The van der Waals surface area contributed by atoms with Crippen LogP contribution in [0.5, 0.6) is 0 Å². The van der Waals surface area contributed by atoms with E-state index in [1.807, 2.05) is 6.07 Å². The summed E-state index contributed by atoms with van der Waals surface area (Å²) in [7, 11) is 0. The average Bonchev–Trinajstić information content (AvgIpc) is 2.67. The number of carbonyl (C=O) groups is 1. The van der Waals surface area contributed by atoms with E-state index >= 15 is 0 Å². The van der Waals surface area contributed by atoms with Crippen molar-refractivity contribution in [3.05, 3.63) is 46.0 Å². The largest absolute Gasteiger partial charge is 0.386 e. The number of carbonyl (C=O) groups excluding carboxylic acids is 1. The molecule has 1 saturated carbocycles. The second kappa shape index (κ2) is 4.63. The first-order valence-electron chi connectivity index (χ1n) is 5.47. The number of benzene rings is 1. The highest BCUT2D eigenvalue weighted by Gasteiger charge is 2.50. The van der Waals surface area contributed by atoms with Gasteiger partial charge in [-0.2, -0.15) is 0 Å². The summed E-state index contributed by atoms with van der Waals surface area (Å²) in [6, 6.07) is 7.79. The summed E-state index contributed by atoms with van der Waals surface area (Å²) >= 11 is 0. The molecule has 0 spiro atoms. The lowest BCUT2D eigenvalue weighted by Gasteiger charge is -2.17. The van der Waals surface area contributed by atoms with Crippen molar-refractivity contribution in [2.75, 3.05) is 0 Å². The van der Waals surface area contributed by atoms with E-state index in [4.69, 9.17) is 0 Å².